The van der Waals surface area contributed by atoms with Gasteiger partial charge in [0.05, 0.1) is 7.11 Å². The highest BCUT2D eigenvalue weighted by Gasteiger charge is 2.21. The van der Waals surface area contributed by atoms with Crippen LogP contribution in [0.2, 0.25) is 0 Å². The van der Waals surface area contributed by atoms with Crippen molar-refractivity contribution in [2.24, 2.45) is 0 Å². The van der Waals surface area contributed by atoms with Gasteiger partial charge in [0.2, 0.25) is 11.8 Å². The second-order valence-corrected chi connectivity index (χ2v) is 8.68. The van der Waals surface area contributed by atoms with Gasteiger partial charge in [0.15, 0.2) is 11.5 Å². The molecule has 2 rings (SSSR count). The van der Waals surface area contributed by atoms with Gasteiger partial charge < -0.3 is 19.1 Å². The Kier molecular flexibility index (Phi) is 8.04. The fraction of sp³-hybridized carbons (Fsp3) is 0.364. The summed E-state index contributed by atoms with van der Waals surface area (Å²) in [6.45, 7) is 7.13. The van der Waals surface area contributed by atoms with Gasteiger partial charge in [-0.25, -0.2) is 0 Å². The topological polar surface area (TPSA) is 102 Å². The van der Waals surface area contributed by atoms with Crippen LogP contribution in [0.5, 0.6) is 11.5 Å². The van der Waals surface area contributed by atoms with Crippen LogP contribution in [0.4, 0.5) is 5.69 Å². The number of amides is 2. The average Bonchev–Trinajstić information content (AvgIpc) is 2.71. The van der Waals surface area contributed by atoms with E-state index < -0.39 is 10.1 Å². The molecule has 0 aliphatic heterocycles. The number of methoxy groups -OCH3 is 1. The summed E-state index contributed by atoms with van der Waals surface area (Å²) >= 11 is 0. The highest BCUT2D eigenvalue weighted by molar-refractivity contribution is 7.87. The Morgan fingerprint density at radius 3 is 2.23 bits per heavy atom. The molecule has 0 saturated heterocycles. The predicted molar refractivity (Wildman–Crippen MR) is 118 cm³/mol. The quantitative estimate of drug-likeness (QED) is 0.589. The van der Waals surface area contributed by atoms with Crippen LogP contribution in [-0.4, -0.2) is 38.3 Å². The molecule has 2 amide bonds. The lowest BCUT2D eigenvalue weighted by Crippen LogP contribution is -2.36. The van der Waals surface area contributed by atoms with Crippen molar-refractivity contribution in [3.63, 3.8) is 0 Å². The molecule has 31 heavy (non-hydrogen) atoms. The molecule has 8 nitrogen and oxygen atoms in total. The van der Waals surface area contributed by atoms with Crippen molar-refractivity contribution in [2.45, 2.75) is 51.6 Å². The van der Waals surface area contributed by atoms with E-state index in [1.165, 1.54) is 45.2 Å². The summed E-state index contributed by atoms with van der Waals surface area (Å²) in [7, 11) is -2.73. The summed E-state index contributed by atoms with van der Waals surface area (Å²) in [5.41, 5.74) is 1.18. The minimum Gasteiger partial charge on any atom is -0.493 e. The Morgan fingerprint density at radius 2 is 1.71 bits per heavy atom. The van der Waals surface area contributed by atoms with E-state index in [4.69, 9.17) is 8.92 Å². The van der Waals surface area contributed by atoms with Gasteiger partial charge in [-0.2, -0.15) is 8.42 Å². The third kappa shape index (κ3) is 6.45. The summed E-state index contributed by atoms with van der Waals surface area (Å²) in [6, 6.07) is 10.6. The molecular weight excluding hydrogens is 420 g/mol. The van der Waals surface area contributed by atoms with Gasteiger partial charge >= 0.3 is 10.1 Å². The minimum atomic E-state index is -4.15. The van der Waals surface area contributed by atoms with E-state index in [0.29, 0.717) is 17.8 Å². The summed E-state index contributed by atoms with van der Waals surface area (Å²) in [5, 5.41) is 2.57. The van der Waals surface area contributed by atoms with Gasteiger partial charge in [-0.05, 0) is 55.3 Å². The fourth-order valence-electron chi connectivity index (χ4n) is 2.95. The average molecular weight is 449 g/mol. The highest BCUT2D eigenvalue weighted by Crippen LogP contribution is 2.32. The summed E-state index contributed by atoms with van der Waals surface area (Å²) in [4.78, 5) is 24.8. The molecule has 1 unspecified atom stereocenters. The number of anilines is 1. The monoisotopic (exact) mass is 448 g/mol. The summed E-state index contributed by atoms with van der Waals surface area (Å²) in [5.74, 6) is -0.0522. The van der Waals surface area contributed by atoms with E-state index in [1.54, 1.807) is 23.1 Å². The molecule has 2 aromatic carbocycles. The minimum absolute atomic E-state index is 0.0265. The number of rotatable bonds is 9. The predicted octanol–water partition coefficient (Wildman–Crippen LogP) is 3.57. The van der Waals surface area contributed by atoms with Crippen molar-refractivity contribution in [1.29, 1.82) is 0 Å². The molecule has 0 aliphatic rings. The zero-order valence-corrected chi connectivity index (χ0v) is 19.2. The van der Waals surface area contributed by atoms with Gasteiger partial charge in [0.1, 0.15) is 4.90 Å². The molecule has 0 radical (unpaired) electrons. The van der Waals surface area contributed by atoms with Gasteiger partial charge in [-0.15, -0.1) is 0 Å². The lowest BCUT2D eigenvalue weighted by Gasteiger charge is -2.27. The first-order valence-corrected chi connectivity index (χ1v) is 11.2. The number of hydrogen-bond donors (Lipinski definition) is 1. The van der Waals surface area contributed by atoms with E-state index in [-0.39, 0.29) is 34.3 Å². The van der Waals surface area contributed by atoms with Crippen molar-refractivity contribution in [3.8, 4) is 11.5 Å². The number of benzene rings is 2. The molecule has 0 spiro atoms. The third-order valence-corrected chi connectivity index (χ3v) is 6.02. The Morgan fingerprint density at radius 1 is 1.06 bits per heavy atom. The number of carbonyl (C=O) groups excluding carboxylic acids is 2. The van der Waals surface area contributed by atoms with Crippen LogP contribution in [0.15, 0.2) is 47.4 Å². The summed E-state index contributed by atoms with van der Waals surface area (Å²) in [6.07, 6.45) is 0.794. The van der Waals surface area contributed by atoms with E-state index in [9.17, 15) is 18.0 Å². The first-order valence-electron chi connectivity index (χ1n) is 9.83. The number of nitrogens with zero attached hydrogens (tertiary/aromatic N) is 1. The molecule has 0 saturated carbocycles. The van der Waals surface area contributed by atoms with Gasteiger partial charge in [-0.3, -0.25) is 9.59 Å². The van der Waals surface area contributed by atoms with E-state index >= 15 is 0 Å². The highest BCUT2D eigenvalue weighted by atomic mass is 32.2. The van der Waals surface area contributed by atoms with Crippen LogP contribution in [0.1, 0.15) is 39.7 Å². The SMILES string of the molecule is CCC(C)N(Cc1ccc(OC)c(OS(=O)(=O)c2ccc(NC(C)=O)cc2)c1)C(C)=O. The van der Waals surface area contributed by atoms with Crippen LogP contribution in [-0.2, 0) is 26.3 Å². The van der Waals surface area contributed by atoms with Crippen molar-refractivity contribution >= 4 is 27.6 Å². The normalized spacial score (nSPS) is 12.0. The zero-order valence-electron chi connectivity index (χ0n) is 18.3. The van der Waals surface area contributed by atoms with Crippen LogP contribution >= 0.6 is 0 Å². The number of carbonyl (C=O) groups is 2. The molecule has 0 aliphatic carbocycles. The molecule has 0 fully saturated rings. The zero-order chi connectivity index (χ0) is 23.2. The molecule has 1 atom stereocenters. The number of hydrogen-bond acceptors (Lipinski definition) is 6. The largest absolute Gasteiger partial charge is 0.493 e. The fourth-order valence-corrected chi connectivity index (χ4v) is 3.89. The van der Waals surface area contributed by atoms with Crippen molar-refractivity contribution in [3.05, 3.63) is 48.0 Å². The van der Waals surface area contributed by atoms with Gasteiger partial charge in [0, 0.05) is 32.1 Å². The van der Waals surface area contributed by atoms with Crippen molar-refractivity contribution in [2.75, 3.05) is 12.4 Å². The van der Waals surface area contributed by atoms with E-state index in [2.05, 4.69) is 5.32 Å². The Hall–Kier alpha value is -3.07. The van der Waals surface area contributed by atoms with Crippen molar-refractivity contribution < 1.29 is 26.9 Å². The maximum atomic E-state index is 12.8. The molecule has 9 heteroatoms. The Labute approximate surface area is 183 Å². The standard InChI is InChI=1S/C22H28N2O6S/c1-6-15(2)24(17(4)26)14-18-7-12-21(29-5)22(13-18)30-31(27,28)20-10-8-19(9-11-20)23-16(3)25/h7-13,15H,6,14H2,1-5H3,(H,23,25). The van der Waals surface area contributed by atoms with E-state index in [0.717, 1.165) is 6.42 Å². The maximum Gasteiger partial charge on any atom is 0.339 e. The lowest BCUT2D eigenvalue weighted by atomic mass is 10.1. The molecule has 168 valence electrons. The second-order valence-electron chi connectivity index (χ2n) is 7.13. The molecule has 0 aromatic heterocycles. The van der Waals surface area contributed by atoms with Crippen LogP contribution in [0.25, 0.3) is 0 Å². The smallest absolute Gasteiger partial charge is 0.339 e. The van der Waals surface area contributed by atoms with Crippen molar-refractivity contribution in [1.82, 2.24) is 4.90 Å². The maximum absolute atomic E-state index is 12.8. The second kappa shape index (κ2) is 10.3. The first kappa shape index (κ1) is 24.2. The lowest BCUT2D eigenvalue weighted by molar-refractivity contribution is -0.131. The molecule has 2 aromatic rings. The molecule has 0 bridgehead atoms. The van der Waals surface area contributed by atoms with Crippen LogP contribution < -0.4 is 14.2 Å². The van der Waals surface area contributed by atoms with Crippen LogP contribution in [0.3, 0.4) is 0 Å². The first-order chi connectivity index (χ1) is 14.6. The van der Waals surface area contributed by atoms with Crippen LogP contribution in [0, 0.1) is 0 Å². The third-order valence-electron chi connectivity index (χ3n) is 4.77. The Bertz CT molecular complexity index is 1030. The Balaban J connectivity index is 2.31. The number of ether oxygens (including phenoxy) is 1. The molecule has 1 N–H and O–H groups in total. The molecule has 0 heterocycles. The van der Waals surface area contributed by atoms with E-state index in [1.807, 2.05) is 13.8 Å². The molecular formula is C22H28N2O6S. The number of nitrogens with one attached hydrogen (secondary N) is 1. The van der Waals surface area contributed by atoms with Gasteiger partial charge in [0.25, 0.3) is 0 Å². The summed E-state index contributed by atoms with van der Waals surface area (Å²) < 4.78 is 36.1. The van der Waals surface area contributed by atoms with Gasteiger partial charge in [-0.1, -0.05) is 13.0 Å².